The molecule has 0 saturated heterocycles. The third-order valence-corrected chi connectivity index (χ3v) is 4.14. The lowest BCUT2D eigenvalue weighted by molar-refractivity contribution is 0.0930. The molecule has 3 aromatic rings. The molecule has 1 amide bonds. The van der Waals surface area contributed by atoms with Gasteiger partial charge in [0.1, 0.15) is 11.4 Å². The SMILES string of the molecule is COc1ccc(-c2cc(C(=O)N[C@H](C)Cn3nc(C)cc3C)[nH]n2)cc1. The van der Waals surface area contributed by atoms with Crippen LogP contribution in [0.3, 0.4) is 0 Å². The first kappa shape index (κ1) is 17.7. The van der Waals surface area contributed by atoms with E-state index in [9.17, 15) is 4.79 Å². The molecule has 0 aliphatic rings. The van der Waals surface area contributed by atoms with E-state index in [-0.39, 0.29) is 11.9 Å². The zero-order valence-corrected chi connectivity index (χ0v) is 15.4. The number of ether oxygens (including phenoxy) is 1. The van der Waals surface area contributed by atoms with Crippen molar-refractivity contribution in [1.29, 1.82) is 0 Å². The summed E-state index contributed by atoms with van der Waals surface area (Å²) >= 11 is 0. The predicted octanol–water partition coefficient (Wildman–Crippen LogP) is 2.72. The van der Waals surface area contributed by atoms with Crippen molar-refractivity contribution in [2.45, 2.75) is 33.4 Å². The van der Waals surface area contributed by atoms with Gasteiger partial charge in [-0.1, -0.05) is 0 Å². The van der Waals surface area contributed by atoms with Gasteiger partial charge in [-0.3, -0.25) is 14.6 Å². The predicted molar refractivity (Wildman–Crippen MR) is 99.2 cm³/mol. The molecular weight excluding hydrogens is 330 g/mol. The van der Waals surface area contributed by atoms with Crippen molar-refractivity contribution in [2.75, 3.05) is 7.11 Å². The molecule has 0 unspecified atom stereocenters. The van der Waals surface area contributed by atoms with Crippen molar-refractivity contribution in [3.05, 3.63) is 53.5 Å². The zero-order chi connectivity index (χ0) is 18.7. The fourth-order valence-corrected chi connectivity index (χ4v) is 2.81. The van der Waals surface area contributed by atoms with E-state index in [4.69, 9.17) is 4.74 Å². The summed E-state index contributed by atoms with van der Waals surface area (Å²) in [5.74, 6) is 0.589. The van der Waals surface area contributed by atoms with Gasteiger partial charge in [0.2, 0.25) is 0 Å². The number of aromatic nitrogens is 4. The first-order valence-electron chi connectivity index (χ1n) is 8.48. The molecule has 0 aliphatic heterocycles. The molecule has 3 rings (SSSR count). The maximum absolute atomic E-state index is 12.4. The number of carbonyl (C=O) groups excluding carboxylic acids is 1. The number of methoxy groups -OCH3 is 1. The number of aryl methyl sites for hydroxylation is 2. The lowest BCUT2D eigenvalue weighted by Gasteiger charge is -2.14. The van der Waals surface area contributed by atoms with Gasteiger partial charge in [0.05, 0.1) is 25.0 Å². The lowest BCUT2D eigenvalue weighted by Crippen LogP contribution is -2.36. The van der Waals surface area contributed by atoms with E-state index in [1.54, 1.807) is 13.2 Å². The highest BCUT2D eigenvalue weighted by molar-refractivity contribution is 5.93. The van der Waals surface area contributed by atoms with Crippen molar-refractivity contribution in [1.82, 2.24) is 25.3 Å². The van der Waals surface area contributed by atoms with E-state index in [1.807, 2.05) is 55.8 Å². The van der Waals surface area contributed by atoms with Crippen molar-refractivity contribution < 1.29 is 9.53 Å². The topological polar surface area (TPSA) is 84.8 Å². The first-order valence-corrected chi connectivity index (χ1v) is 8.48. The van der Waals surface area contributed by atoms with Gasteiger partial charge in [0, 0.05) is 17.3 Å². The van der Waals surface area contributed by atoms with Crippen molar-refractivity contribution in [3.63, 3.8) is 0 Å². The van der Waals surface area contributed by atoms with Crippen LogP contribution in [0.5, 0.6) is 5.75 Å². The van der Waals surface area contributed by atoms with Crippen LogP contribution in [0.2, 0.25) is 0 Å². The molecule has 1 aromatic carbocycles. The molecule has 2 N–H and O–H groups in total. The average molecular weight is 353 g/mol. The maximum atomic E-state index is 12.4. The molecule has 1 atom stereocenters. The minimum atomic E-state index is -0.189. The van der Waals surface area contributed by atoms with Gasteiger partial charge in [-0.15, -0.1) is 0 Å². The number of H-pyrrole nitrogens is 1. The van der Waals surface area contributed by atoms with E-state index in [2.05, 4.69) is 20.6 Å². The molecule has 136 valence electrons. The summed E-state index contributed by atoms with van der Waals surface area (Å²) in [6.45, 7) is 6.53. The van der Waals surface area contributed by atoms with Gasteiger partial charge in [0.25, 0.3) is 5.91 Å². The van der Waals surface area contributed by atoms with Crippen LogP contribution in [0, 0.1) is 13.8 Å². The fraction of sp³-hybridized carbons (Fsp3) is 0.316. The highest BCUT2D eigenvalue weighted by atomic mass is 16.5. The fourth-order valence-electron chi connectivity index (χ4n) is 2.81. The van der Waals surface area contributed by atoms with Gasteiger partial charge in [-0.05, 0) is 57.2 Å². The van der Waals surface area contributed by atoms with Gasteiger partial charge >= 0.3 is 0 Å². The van der Waals surface area contributed by atoms with Crippen LogP contribution in [-0.2, 0) is 6.54 Å². The van der Waals surface area contributed by atoms with Crippen LogP contribution in [-0.4, -0.2) is 39.0 Å². The van der Waals surface area contributed by atoms with Gasteiger partial charge in [-0.25, -0.2) is 0 Å². The van der Waals surface area contributed by atoms with Crippen LogP contribution in [0.4, 0.5) is 0 Å². The summed E-state index contributed by atoms with van der Waals surface area (Å²) in [5.41, 5.74) is 4.10. The van der Waals surface area contributed by atoms with Crippen LogP contribution in [0.1, 0.15) is 28.8 Å². The van der Waals surface area contributed by atoms with Gasteiger partial charge < -0.3 is 10.1 Å². The molecule has 0 aliphatic carbocycles. The Kier molecular flexibility index (Phi) is 5.06. The number of rotatable bonds is 6. The Morgan fingerprint density at radius 3 is 2.62 bits per heavy atom. The summed E-state index contributed by atoms with van der Waals surface area (Å²) < 4.78 is 7.05. The molecule has 0 fully saturated rings. The van der Waals surface area contributed by atoms with Crippen LogP contribution < -0.4 is 10.1 Å². The molecule has 2 aromatic heterocycles. The standard InChI is InChI=1S/C19H23N5O2/c1-12-9-14(3)24(23-12)11-13(2)20-19(25)18-10-17(21-22-18)15-5-7-16(26-4)8-6-15/h5-10,13H,11H2,1-4H3,(H,20,25)(H,21,22)/t13-/m1/s1. The lowest BCUT2D eigenvalue weighted by atomic mass is 10.1. The Morgan fingerprint density at radius 2 is 2.00 bits per heavy atom. The summed E-state index contributed by atoms with van der Waals surface area (Å²) in [6.07, 6.45) is 0. The van der Waals surface area contributed by atoms with Crippen molar-refractivity contribution >= 4 is 5.91 Å². The molecule has 0 bridgehead atoms. The second kappa shape index (κ2) is 7.43. The monoisotopic (exact) mass is 353 g/mol. The number of nitrogens with zero attached hydrogens (tertiary/aromatic N) is 3. The van der Waals surface area contributed by atoms with E-state index in [0.717, 1.165) is 22.7 Å². The molecule has 7 nitrogen and oxygen atoms in total. The normalized spacial score (nSPS) is 12.0. The van der Waals surface area contributed by atoms with Crippen molar-refractivity contribution in [3.8, 4) is 17.0 Å². The quantitative estimate of drug-likeness (QED) is 0.713. The zero-order valence-electron chi connectivity index (χ0n) is 15.4. The van der Waals surface area contributed by atoms with E-state index >= 15 is 0 Å². The second-order valence-corrected chi connectivity index (χ2v) is 6.38. The highest BCUT2D eigenvalue weighted by Crippen LogP contribution is 2.21. The van der Waals surface area contributed by atoms with Crippen LogP contribution in [0.25, 0.3) is 11.3 Å². The van der Waals surface area contributed by atoms with Crippen molar-refractivity contribution in [2.24, 2.45) is 0 Å². The number of hydrogen-bond acceptors (Lipinski definition) is 4. The highest BCUT2D eigenvalue weighted by Gasteiger charge is 2.15. The third kappa shape index (κ3) is 3.93. The average Bonchev–Trinajstić information content (AvgIpc) is 3.22. The first-order chi connectivity index (χ1) is 12.5. The molecule has 0 saturated carbocycles. The van der Waals surface area contributed by atoms with Crippen LogP contribution in [0.15, 0.2) is 36.4 Å². The number of nitrogens with one attached hydrogen (secondary N) is 2. The molecule has 0 radical (unpaired) electrons. The molecule has 2 heterocycles. The Balaban J connectivity index is 1.64. The number of aromatic amines is 1. The maximum Gasteiger partial charge on any atom is 0.269 e. The minimum absolute atomic E-state index is 0.0618. The van der Waals surface area contributed by atoms with Gasteiger partial charge in [-0.2, -0.15) is 10.2 Å². The molecular formula is C19H23N5O2. The largest absolute Gasteiger partial charge is 0.497 e. The van der Waals surface area contributed by atoms with Gasteiger partial charge in [0.15, 0.2) is 0 Å². The Bertz CT molecular complexity index is 895. The summed E-state index contributed by atoms with van der Waals surface area (Å²) in [6, 6.07) is 11.2. The summed E-state index contributed by atoms with van der Waals surface area (Å²) in [4.78, 5) is 12.4. The van der Waals surface area contributed by atoms with E-state index < -0.39 is 0 Å². The second-order valence-electron chi connectivity index (χ2n) is 6.38. The van der Waals surface area contributed by atoms with Crippen LogP contribution >= 0.6 is 0 Å². The number of benzene rings is 1. The summed E-state index contributed by atoms with van der Waals surface area (Å²) in [7, 11) is 1.62. The Morgan fingerprint density at radius 1 is 1.27 bits per heavy atom. The Hall–Kier alpha value is -3.09. The Labute approximate surface area is 152 Å². The van der Waals surface area contributed by atoms with E-state index in [0.29, 0.717) is 17.9 Å². The summed E-state index contributed by atoms with van der Waals surface area (Å²) in [5, 5.41) is 14.4. The molecule has 0 spiro atoms. The number of carbonyl (C=O) groups is 1. The molecule has 26 heavy (non-hydrogen) atoms. The number of hydrogen-bond donors (Lipinski definition) is 2. The number of amides is 1. The minimum Gasteiger partial charge on any atom is -0.497 e. The molecule has 7 heteroatoms. The third-order valence-electron chi connectivity index (χ3n) is 4.14. The van der Waals surface area contributed by atoms with E-state index in [1.165, 1.54) is 0 Å². The smallest absolute Gasteiger partial charge is 0.269 e.